The van der Waals surface area contributed by atoms with Crippen molar-refractivity contribution in [2.24, 2.45) is 5.73 Å². The summed E-state index contributed by atoms with van der Waals surface area (Å²) in [7, 11) is 0. The smallest absolute Gasteiger partial charge is 0.250 e. The number of hydrogen-bond acceptors (Lipinski definition) is 3. The quantitative estimate of drug-likeness (QED) is 0.418. The van der Waals surface area contributed by atoms with Crippen molar-refractivity contribution in [3.63, 3.8) is 0 Å². The number of anilines is 2. The molecule has 4 N–H and O–H groups in total. The molecule has 31 heavy (non-hydrogen) atoms. The van der Waals surface area contributed by atoms with Crippen LogP contribution in [0.25, 0.3) is 10.8 Å². The maximum Gasteiger partial charge on any atom is 0.250 e. The molecule has 0 spiro atoms. The summed E-state index contributed by atoms with van der Waals surface area (Å²) in [6.45, 7) is 0.0128. The predicted octanol–water partition coefficient (Wildman–Crippen LogP) is 4.58. The Morgan fingerprint density at radius 2 is 1.52 bits per heavy atom. The number of nitrogens with two attached hydrogens (primary N) is 1. The molecule has 0 atom stereocenters. The van der Waals surface area contributed by atoms with Gasteiger partial charge in [-0.25, -0.2) is 0 Å². The van der Waals surface area contributed by atoms with Crippen LogP contribution in [0.3, 0.4) is 0 Å². The molecule has 4 aromatic rings. The zero-order valence-electron chi connectivity index (χ0n) is 17.0. The van der Waals surface area contributed by atoms with Crippen LogP contribution in [0.2, 0.25) is 0 Å². The second-order valence-electron chi connectivity index (χ2n) is 7.33. The number of hydrogen-bond donors (Lipinski definition) is 3. The van der Waals surface area contributed by atoms with Crippen molar-refractivity contribution >= 4 is 34.0 Å². The number of nitrogens with one attached hydrogen (secondary N) is 2. The van der Waals surface area contributed by atoms with E-state index in [1.54, 1.807) is 12.1 Å². The molecule has 0 radical (unpaired) electrons. The van der Waals surface area contributed by atoms with Gasteiger partial charge in [0.25, 0.3) is 5.91 Å². The zero-order valence-corrected chi connectivity index (χ0v) is 17.0. The van der Waals surface area contributed by atoms with Crippen LogP contribution >= 0.6 is 0 Å². The van der Waals surface area contributed by atoms with Crippen LogP contribution in [0.15, 0.2) is 91.0 Å². The fraction of sp³-hybridized carbons (Fsp3) is 0.0769. The number of carbonyl (C=O) groups is 2. The number of primary amides is 1. The third kappa shape index (κ3) is 4.90. The fourth-order valence-corrected chi connectivity index (χ4v) is 3.62. The van der Waals surface area contributed by atoms with Gasteiger partial charge in [0.05, 0.1) is 17.8 Å². The summed E-state index contributed by atoms with van der Waals surface area (Å²) in [4.78, 5) is 24.6. The average Bonchev–Trinajstić information content (AvgIpc) is 2.78. The Bertz CT molecular complexity index is 1240. The lowest BCUT2D eigenvalue weighted by atomic mass is 9.99. The maximum absolute atomic E-state index is 12.6. The molecule has 5 nitrogen and oxygen atoms in total. The predicted molar refractivity (Wildman–Crippen MR) is 125 cm³/mol. The van der Waals surface area contributed by atoms with Gasteiger partial charge in [0.1, 0.15) is 0 Å². The highest BCUT2D eigenvalue weighted by Gasteiger charge is 2.14. The van der Waals surface area contributed by atoms with Crippen molar-refractivity contribution in [3.8, 4) is 0 Å². The van der Waals surface area contributed by atoms with Crippen molar-refractivity contribution in [3.05, 3.63) is 108 Å². The molecule has 0 saturated carbocycles. The number of rotatable bonds is 7. The second kappa shape index (κ2) is 9.13. The Labute approximate surface area is 180 Å². The molecule has 5 heteroatoms. The van der Waals surface area contributed by atoms with Crippen molar-refractivity contribution in [1.82, 2.24) is 0 Å². The van der Waals surface area contributed by atoms with Crippen LogP contribution < -0.4 is 16.4 Å². The van der Waals surface area contributed by atoms with Crippen molar-refractivity contribution < 1.29 is 9.59 Å². The summed E-state index contributed by atoms with van der Waals surface area (Å²) in [5, 5.41) is 8.20. The molecule has 0 aliphatic rings. The minimum Gasteiger partial charge on any atom is -0.375 e. The standard InChI is InChI=1S/C26H23N3O2/c27-26(31)23-12-6-11-21(15-18-7-2-1-3-8-18)25(23)28-17-24(30)29-22-14-13-19-9-4-5-10-20(19)16-22/h1-14,16,28H,15,17H2,(H2,27,31)(H,29,30). The molecule has 4 rings (SSSR count). The Balaban J connectivity index is 1.50. The van der Waals surface area contributed by atoms with Crippen LogP contribution in [0.5, 0.6) is 0 Å². The van der Waals surface area contributed by atoms with Crippen molar-refractivity contribution in [1.29, 1.82) is 0 Å². The number of fused-ring (bicyclic) bond motifs is 1. The molecule has 4 aromatic carbocycles. The van der Waals surface area contributed by atoms with Gasteiger partial charge in [-0.1, -0.05) is 72.8 Å². The topological polar surface area (TPSA) is 84.2 Å². The van der Waals surface area contributed by atoms with E-state index in [9.17, 15) is 9.59 Å². The van der Waals surface area contributed by atoms with E-state index in [2.05, 4.69) is 10.6 Å². The Hall–Kier alpha value is -4.12. The van der Waals surface area contributed by atoms with Crippen LogP contribution in [-0.4, -0.2) is 18.4 Å². The molecular weight excluding hydrogens is 386 g/mol. The highest BCUT2D eigenvalue weighted by molar-refractivity contribution is 6.01. The molecule has 0 aliphatic carbocycles. The van der Waals surface area contributed by atoms with Gasteiger partial charge in [-0.05, 0) is 46.5 Å². The summed E-state index contributed by atoms with van der Waals surface area (Å²) in [5.41, 5.74) is 9.27. The lowest BCUT2D eigenvalue weighted by Gasteiger charge is -2.16. The molecule has 0 heterocycles. The number of carbonyl (C=O) groups excluding carboxylic acids is 2. The minimum absolute atomic E-state index is 0.0128. The van der Waals surface area contributed by atoms with Gasteiger partial charge >= 0.3 is 0 Å². The number of benzene rings is 4. The van der Waals surface area contributed by atoms with Crippen molar-refractivity contribution in [2.75, 3.05) is 17.2 Å². The molecule has 0 fully saturated rings. The molecule has 0 bridgehead atoms. The maximum atomic E-state index is 12.6. The van der Waals surface area contributed by atoms with E-state index in [1.165, 1.54) is 0 Å². The highest BCUT2D eigenvalue weighted by Crippen LogP contribution is 2.24. The Kier molecular flexibility index (Phi) is 5.94. The number of amides is 2. The summed E-state index contributed by atoms with van der Waals surface area (Å²) >= 11 is 0. The van der Waals surface area contributed by atoms with E-state index in [0.717, 1.165) is 27.6 Å². The first-order valence-electron chi connectivity index (χ1n) is 10.1. The molecule has 0 aromatic heterocycles. The first-order chi connectivity index (χ1) is 15.1. The lowest BCUT2D eigenvalue weighted by molar-refractivity contribution is -0.114. The van der Waals surface area contributed by atoms with Crippen molar-refractivity contribution in [2.45, 2.75) is 6.42 Å². The summed E-state index contributed by atoms with van der Waals surface area (Å²) in [6.07, 6.45) is 0.622. The van der Waals surface area contributed by atoms with E-state index >= 15 is 0 Å². The van der Waals surface area contributed by atoms with E-state index in [0.29, 0.717) is 17.7 Å². The second-order valence-corrected chi connectivity index (χ2v) is 7.33. The van der Waals surface area contributed by atoms with Crippen LogP contribution in [-0.2, 0) is 11.2 Å². The number of para-hydroxylation sites is 1. The van der Waals surface area contributed by atoms with Gasteiger partial charge in [-0.15, -0.1) is 0 Å². The first-order valence-corrected chi connectivity index (χ1v) is 10.1. The summed E-state index contributed by atoms with van der Waals surface area (Å²) < 4.78 is 0. The van der Waals surface area contributed by atoms with Gasteiger partial charge in [-0.3, -0.25) is 9.59 Å². The minimum atomic E-state index is -0.535. The van der Waals surface area contributed by atoms with Gasteiger partial charge in [-0.2, -0.15) is 0 Å². The van der Waals surface area contributed by atoms with Crippen LogP contribution in [0, 0.1) is 0 Å². The molecule has 0 saturated heterocycles. The lowest BCUT2D eigenvalue weighted by Crippen LogP contribution is -2.24. The Morgan fingerprint density at radius 1 is 0.774 bits per heavy atom. The largest absolute Gasteiger partial charge is 0.375 e. The average molecular weight is 409 g/mol. The third-order valence-electron chi connectivity index (χ3n) is 5.11. The fourth-order valence-electron chi connectivity index (χ4n) is 3.62. The third-order valence-corrected chi connectivity index (χ3v) is 5.11. The SMILES string of the molecule is NC(=O)c1cccc(Cc2ccccc2)c1NCC(=O)Nc1ccc2ccccc2c1. The van der Waals surface area contributed by atoms with E-state index in [4.69, 9.17) is 5.73 Å². The molecule has 0 unspecified atom stereocenters. The summed E-state index contributed by atoms with van der Waals surface area (Å²) in [6, 6.07) is 29.1. The first kappa shape index (κ1) is 20.2. The molecule has 0 aliphatic heterocycles. The van der Waals surface area contributed by atoms with Crippen LogP contribution in [0.1, 0.15) is 21.5 Å². The highest BCUT2D eigenvalue weighted by atomic mass is 16.2. The van der Waals surface area contributed by atoms with Gasteiger partial charge in [0.15, 0.2) is 0 Å². The Morgan fingerprint density at radius 3 is 2.29 bits per heavy atom. The zero-order chi connectivity index (χ0) is 21.6. The summed E-state index contributed by atoms with van der Waals surface area (Å²) in [5.74, 6) is -0.743. The molecule has 2 amide bonds. The normalized spacial score (nSPS) is 10.6. The van der Waals surface area contributed by atoms with Gasteiger partial charge in [0.2, 0.25) is 5.91 Å². The van der Waals surface area contributed by atoms with Gasteiger partial charge < -0.3 is 16.4 Å². The van der Waals surface area contributed by atoms with E-state index in [-0.39, 0.29) is 12.5 Å². The van der Waals surface area contributed by atoms with E-state index < -0.39 is 5.91 Å². The monoisotopic (exact) mass is 409 g/mol. The molecule has 154 valence electrons. The molecular formula is C26H23N3O2. The van der Waals surface area contributed by atoms with Crippen LogP contribution in [0.4, 0.5) is 11.4 Å². The van der Waals surface area contributed by atoms with E-state index in [1.807, 2.05) is 78.9 Å². The van der Waals surface area contributed by atoms with Gasteiger partial charge in [0, 0.05) is 5.69 Å².